The first-order valence-electron chi connectivity index (χ1n) is 15.1. The van der Waals surface area contributed by atoms with E-state index in [1.807, 2.05) is 13.8 Å². The van der Waals surface area contributed by atoms with Gasteiger partial charge in [-0.1, -0.05) is 41.0 Å². The van der Waals surface area contributed by atoms with Crippen molar-refractivity contribution >= 4 is 11.9 Å². The lowest BCUT2D eigenvalue weighted by Crippen LogP contribution is -2.62. The van der Waals surface area contributed by atoms with Crippen molar-refractivity contribution in [3.8, 4) is 0 Å². The molecule has 4 aliphatic rings. The summed E-state index contributed by atoms with van der Waals surface area (Å²) in [5.41, 5.74) is 0.459. The first-order chi connectivity index (χ1) is 17.1. The van der Waals surface area contributed by atoms with Gasteiger partial charge in [0.1, 0.15) is 6.10 Å². The number of hydrogen-bond donors (Lipinski definition) is 1. The molecule has 0 amide bonds. The van der Waals surface area contributed by atoms with Crippen LogP contribution < -0.4 is 0 Å². The van der Waals surface area contributed by atoms with Crippen molar-refractivity contribution < 1.29 is 24.2 Å². The average molecular weight is 505 g/mol. The van der Waals surface area contributed by atoms with Gasteiger partial charge >= 0.3 is 11.9 Å². The fourth-order valence-corrected chi connectivity index (χ4v) is 10.1. The highest BCUT2D eigenvalue weighted by atomic mass is 16.5. The summed E-state index contributed by atoms with van der Waals surface area (Å²) in [7, 11) is 0. The predicted molar refractivity (Wildman–Crippen MR) is 141 cm³/mol. The van der Waals surface area contributed by atoms with E-state index in [-0.39, 0.29) is 40.9 Å². The highest BCUT2D eigenvalue weighted by Gasteiger charge is 2.65. The van der Waals surface area contributed by atoms with E-state index in [4.69, 9.17) is 9.47 Å². The third kappa shape index (κ3) is 4.76. The monoisotopic (exact) mass is 504 g/mol. The van der Waals surface area contributed by atoms with Gasteiger partial charge in [-0.2, -0.15) is 0 Å². The van der Waals surface area contributed by atoms with Gasteiger partial charge in [0.15, 0.2) is 0 Å². The van der Waals surface area contributed by atoms with E-state index in [9.17, 15) is 14.7 Å². The van der Waals surface area contributed by atoms with Crippen LogP contribution in [0.2, 0.25) is 0 Å². The van der Waals surface area contributed by atoms with Crippen LogP contribution >= 0.6 is 0 Å². The molecule has 11 atom stereocenters. The van der Waals surface area contributed by atoms with Crippen molar-refractivity contribution in [1.29, 1.82) is 0 Å². The van der Waals surface area contributed by atoms with Crippen molar-refractivity contribution in [2.24, 2.45) is 52.3 Å². The number of aliphatic hydroxyl groups is 1. The molecule has 0 aromatic rings. The number of esters is 2. The zero-order valence-corrected chi connectivity index (χ0v) is 23.8. The van der Waals surface area contributed by atoms with Gasteiger partial charge in [0, 0.05) is 12.8 Å². The van der Waals surface area contributed by atoms with Gasteiger partial charge < -0.3 is 14.6 Å². The van der Waals surface area contributed by atoms with Gasteiger partial charge in [0.2, 0.25) is 0 Å². The van der Waals surface area contributed by atoms with Crippen LogP contribution in [-0.4, -0.2) is 35.9 Å². The molecule has 4 fully saturated rings. The molecule has 0 aliphatic heterocycles. The summed E-state index contributed by atoms with van der Waals surface area (Å²) >= 11 is 0. The van der Waals surface area contributed by atoms with E-state index >= 15 is 0 Å². The van der Waals surface area contributed by atoms with Crippen LogP contribution in [0.15, 0.2) is 0 Å². The minimum atomic E-state index is -0.267. The molecule has 1 N–H and O–H groups in total. The number of carbonyl (C=O) groups is 2. The van der Waals surface area contributed by atoms with E-state index in [1.54, 1.807) is 0 Å². The topological polar surface area (TPSA) is 72.8 Å². The smallest absolute Gasteiger partial charge is 0.305 e. The number of rotatable bonds is 8. The molecule has 36 heavy (non-hydrogen) atoms. The number of fused-ring (bicyclic) bond motifs is 5. The first-order valence-corrected chi connectivity index (χ1v) is 15.1. The fraction of sp³-hybridized carbons (Fsp3) is 0.935. The Morgan fingerprint density at radius 1 is 0.944 bits per heavy atom. The van der Waals surface area contributed by atoms with Crippen LogP contribution in [0.4, 0.5) is 0 Å². The molecule has 0 bridgehead atoms. The van der Waals surface area contributed by atoms with Crippen LogP contribution in [0.3, 0.4) is 0 Å². The number of ether oxygens (including phenoxy) is 2. The minimum absolute atomic E-state index is 0.0123. The Kier molecular flexibility index (Phi) is 8.49. The summed E-state index contributed by atoms with van der Waals surface area (Å²) in [6.07, 6.45) is 10.4. The second kappa shape index (κ2) is 10.9. The predicted octanol–water partition coefficient (Wildman–Crippen LogP) is 6.55. The van der Waals surface area contributed by atoms with Crippen LogP contribution in [0.5, 0.6) is 0 Å². The molecule has 5 heteroatoms. The molecule has 6 unspecified atom stereocenters. The average Bonchev–Trinajstić information content (AvgIpc) is 3.21. The second-order valence-electron chi connectivity index (χ2n) is 13.3. The van der Waals surface area contributed by atoms with Crippen molar-refractivity contribution in [3.05, 3.63) is 0 Å². The quantitative estimate of drug-likeness (QED) is 0.379. The molecule has 0 heterocycles. The number of aliphatic hydroxyl groups excluding tert-OH is 1. The van der Waals surface area contributed by atoms with E-state index < -0.39 is 0 Å². The van der Waals surface area contributed by atoms with Crippen molar-refractivity contribution in [2.45, 2.75) is 124 Å². The minimum Gasteiger partial charge on any atom is -0.466 e. The summed E-state index contributed by atoms with van der Waals surface area (Å²) in [4.78, 5) is 24.0. The molecule has 0 aromatic heterocycles. The number of carbonyl (C=O) groups excluding carboxylic acids is 2. The first kappa shape index (κ1) is 27.9. The van der Waals surface area contributed by atoms with E-state index in [0.717, 1.165) is 32.1 Å². The Labute approximate surface area is 219 Å². The van der Waals surface area contributed by atoms with Gasteiger partial charge in [0.05, 0.1) is 12.7 Å². The lowest BCUT2D eigenvalue weighted by atomic mass is 9.41. The Bertz CT molecular complexity index is 796. The van der Waals surface area contributed by atoms with Gasteiger partial charge in [-0.15, -0.1) is 0 Å². The molecular formula is C31H52O5. The molecule has 0 saturated heterocycles. The maximum Gasteiger partial charge on any atom is 0.305 e. The molecule has 206 valence electrons. The Balaban J connectivity index is 1.53. The summed E-state index contributed by atoms with van der Waals surface area (Å²) in [5.74, 6) is 3.13. The Morgan fingerprint density at radius 3 is 2.31 bits per heavy atom. The fourth-order valence-electron chi connectivity index (χ4n) is 10.1. The van der Waals surface area contributed by atoms with Gasteiger partial charge in [0.25, 0.3) is 0 Å². The van der Waals surface area contributed by atoms with E-state index in [2.05, 4.69) is 27.7 Å². The standard InChI is InChI=1S/C31H52O5/c1-7-21-25-18-20(36-26(32)8-2)14-16-31(25,6)24-15-17-30(5)22(11-12-23(30)28(24)29(21)34)19(4)10-13-27(33)35-9-3/h19-25,28-29,34H,7-18H2,1-6H3/t19-,20-,21-,22?,23?,24?,25?,28?,29?,30-,31-/m1/s1. The summed E-state index contributed by atoms with van der Waals surface area (Å²) < 4.78 is 11.0. The maximum absolute atomic E-state index is 12.0. The second-order valence-corrected chi connectivity index (χ2v) is 13.3. The van der Waals surface area contributed by atoms with Crippen LogP contribution in [0.1, 0.15) is 112 Å². The van der Waals surface area contributed by atoms with E-state index in [0.29, 0.717) is 55.0 Å². The molecule has 5 nitrogen and oxygen atoms in total. The van der Waals surface area contributed by atoms with Crippen molar-refractivity contribution in [2.75, 3.05) is 6.61 Å². The highest BCUT2D eigenvalue weighted by Crippen LogP contribution is 2.69. The third-order valence-electron chi connectivity index (χ3n) is 11.8. The van der Waals surface area contributed by atoms with Crippen molar-refractivity contribution in [3.63, 3.8) is 0 Å². The maximum atomic E-state index is 12.0. The Hall–Kier alpha value is -1.10. The molecule has 4 aliphatic carbocycles. The zero-order chi connectivity index (χ0) is 26.3. The SMILES string of the molecule is CCOC(=O)CC[C@@H](C)C1CCC2C3C(O)[C@H](CC)C4C[C@H](OC(=O)CC)CC[C@]4(C)C3CC[C@@]21C. The summed E-state index contributed by atoms with van der Waals surface area (Å²) in [6.45, 7) is 13.8. The van der Waals surface area contributed by atoms with Crippen molar-refractivity contribution in [1.82, 2.24) is 0 Å². The van der Waals surface area contributed by atoms with Crippen LogP contribution in [-0.2, 0) is 19.1 Å². The highest BCUT2D eigenvalue weighted by molar-refractivity contribution is 5.69. The molecule has 4 saturated carbocycles. The molecular weight excluding hydrogens is 452 g/mol. The molecule has 0 spiro atoms. The lowest BCUT2D eigenvalue weighted by Gasteiger charge is -2.64. The lowest BCUT2D eigenvalue weighted by molar-refractivity contribution is -0.207. The summed E-state index contributed by atoms with van der Waals surface area (Å²) in [5, 5.41) is 12.0. The van der Waals surface area contributed by atoms with Gasteiger partial charge in [-0.25, -0.2) is 0 Å². The third-order valence-corrected chi connectivity index (χ3v) is 11.8. The number of hydrogen-bond acceptors (Lipinski definition) is 5. The zero-order valence-electron chi connectivity index (χ0n) is 23.8. The molecule has 0 radical (unpaired) electrons. The Morgan fingerprint density at radius 2 is 1.64 bits per heavy atom. The van der Waals surface area contributed by atoms with E-state index in [1.165, 1.54) is 25.7 Å². The molecule has 4 rings (SSSR count). The molecule has 0 aromatic carbocycles. The summed E-state index contributed by atoms with van der Waals surface area (Å²) in [6, 6.07) is 0. The van der Waals surface area contributed by atoms with Gasteiger partial charge in [-0.05, 0) is 111 Å². The largest absolute Gasteiger partial charge is 0.466 e. The normalized spacial score (nSPS) is 44.6. The van der Waals surface area contributed by atoms with Crippen LogP contribution in [0, 0.1) is 52.3 Å². The van der Waals surface area contributed by atoms with Gasteiger partial charge in [-0.3, -0.25) is 9.59 Å². The van der Waals surface area contributed by atoms with Crippen LogP contribution in [0.25, 0.3) is 0 Å².